The largest absolute Gasteiger partial charge is 0.508 e. The highest BCUT2D eigenvalue weighted by atomic mass is 16.5. The second-order valence-electron chi connectivity index (χ2n) is 6.73. The Labute approximate surface area is 155 Å². The molecule has 5 rings (SSSR count). The van der Waals surface area contributed by atoms with E-state index in [2.05, 4.69) is 32.4 Å². The number of benzene rings is 2. The van der Waals surface area contributed by atoms with Gasteiger partial charge in [-0.15, -0.1) is 10.2 Å². The average Bonchev–Trinajstić information content (AvgIpc) is 3.41. The molecule has 2 aromatic carbocycles. The van der Waals surface area contributed by atoms with Crippen molar-refractivity contribution in [3.63, 3.8) is 0 Å². The molecule has 1 aliphatic rings. The van der Waals surface area contributed by atoms with Gasteiger partial charge in [-0.05, 0) is 54.8 Å². The molecular formula is C20H17N5O2. The third kappa shape index (κ3) is 2.51. The summed E-state index contributed by atoms with van der Waals surface area (Å²) in [5.41, 5.74) is 2.57. The van der Waals surface area contributed by atoms with Crippen LogP contribution in [0.2, 0.25) is 0 Å². The molecule has 0 atom stereocenters. The van der Waals surface area contributed by atoms with Crippen LogP contribution >= 0.6 is 0 Å². The number of aromatic hydroxyl groups is 1. The Balaban J connectivity index is 1.55. The highest BCUT2D eigenvalue weighted by Gasteiger charge is 2.50. The molecule has 4 aromatic rings. The first-order valence-electron chi connectivity index (χ1n) is 8.72. The molecule has 1 fully saturated rings. The summed E-state index contributed by atoms with van der Waals surface area (Å²) in [7, 11) is 1.66. The Morgan fingerprint density at radius 2 is 1.74 bits per heavy atom. The number of phenolic OH excluding ortho intramolecular Hbond substituents is 1. The van der Waals surface area contributed by atoms with E-state index in [1.807, 2.05) is 12.1 Å². The Kier molecular flexibility index (Phi) is 3.36. The molecule has 2 aromatic heterocycles. The van der Waals surface area contributed by atoms with Crippen molar-refractivity contribution >= 4 is 5.78 Å². The molecule has 0 radical (unpaired) electrons. The van der Waals surface area contributed by atoms with E-state index < -0.39 is 0 Å². The van der Waals surface area contributed by atoms with Crippen molar-refractivity contribution in [1.29, 1.82) is 0 Å². The minimum atomic E-state index is -0.166. The van der Waals surface area contributed by atoms with E-state index in [0.717, 1.165) is 30.0 Å². The summed E-state index contributed by atoms with van der Waals surface area (Å²) in [6, 6.07) is 14.9. The fourth-order valence-corrected chi connectivity index (χ4v) is 3.44. The fourth-order valence-electron chi connectivity index (χ4n) is 3.44. The van der Waals surface area contributed by atoms with Crippen LogP contribution in [0.4, 0.5) is 0 Å². The lowest BCUT2D eigenvalue weighted by Crippen LogP contribution is -2.15. The normalized spacial score (nSPS) is 15.0. The lowest BCUT2D eigenvalue weighted by Gasteiger charge is -2.13. The molecule has 0 aliphatic heterocycles. The summed E-state index contributed by atoms with van der Waals surface area (Å²) >= 11 is 0. The van der Waals surface area contributed by atoms with Crippen molar-refractivity contribution in [2.75, 3.05) is 7.11 Å². The highest BCUT2D eigenvalue weighted by molar-refractivity contribution is 5.60. The van der Waals surface area contributed by atoms with E-state index in [9.17, 15) is 5.11 Å². The van der Waals surface area contributed by atoms with Gasteiger partial charge in [-0.3, -0.25) is 0 Å². The van der Waals surface area contributed by atoms with Gasteiger partial charge < -0.3 is 9.84 Å². The first-order chi connectivity index (χ1) is 13.2. The quantitative estimate of drug-likeness (QED) is 0.603. The second kappa shape index (κ2) is 5.77. The van der Waals surface area contributed by atoms with Crippen molar-refractivity contribution in [1.82, 2.24) is 24.8 Å². The smallest absolute Gasteiger partial charge is 0.272 e. The third-order valence-electron chi connectivity index (χ3n) is 5.12. The number of phenols is 1. The Bertz CT molecular complexity index is 1120. The van der Waals surface area contributed by atoms with Crippen molar-refractivity contribution in [3.8, 4) is 22.8 Å². The second-order valence-corrected chi connectivity index (χ2v) is 6.73. The van der Waals surface area contributed by atoms with Gasteiger partial charge >= 0.3 is 0 Å². The van der Waals surface area contributed by atoms with Gasteiger partial charge in [-0.1, -0.05) is 12.1 Å². The average molecular weight is 359 g/mol. The zero-order valence-corrected chi connectivity index (χ0v) is 14.7. The predicted octanol–water partition coefficient (Wildman–Crippen LogP) is 2.98. The number of nitrogens with zero attached hydrogens (tertiary/aromatic N) is 5. The maximum Gasteiger partial charge on any atom is 0.272 e. The maximum atomic E-state index is 9.45. The molecule has 1 N–H and O–H groups in total. The summed E-state index contributed by atoms with van der Waals surface area (Å²) in [5.74, 6) is 2.33. The molecule has 0 saturated heterocycles. The minimum Gasteiger partial charge on any atom is -0.508 e. The number of methoxy groups -OCH3 is 1. The van der Waals surface area contributed by atoms with Crippen molar-refractivity contribution in [3.05, 3.63) is 66.1 Å². The van der Waals surface area contributed by atoms with Gasteiger partial charge in [0.1, 0.15) is 11.5 Å². The summed E-state index contributed by atoms with van der Waals surface area (Å²) in [4.78, 5) is 4.58. The van der Waals surface area contributed by atoms with E-state index in [-0.39, 0.29) is 11.2 Å². The molecule has 1 saturated carbocycles. The fraction of sp³-hybridized carbons (Fsp3) is 0.200. The first kappa shape index (κ1) is 15.7. The van der Waals surface area contributed by atoms with E-state index in [0.29, 0.717) is 11.5 Å². The van der Waals surface area contributed by atoms with Crippen molar-refractivity contribution in [2.24, 2.45) is 0 Å². The van der Waals surface area contributed by atoms with Crippen LogP contribution in [0.25, 0.3) is 17.0 Å². The third-order valence-corrected chi connectivity index (χ3v) is 5.12. The summed E-state index contributed by atoms with van der Waals surface area (Å²) < 4.78 is 6.98. The number of ether oxygens (including phenoxy) is 1. The number of hydrogen-bond donors (Lipinski definition) is 1. The minimum absolute atomic E-state index is 0.166. The molecule has 7 nitrogen and oxygen atoms in total. The highest BCUT2D eigenvalue weighted by Crippen LogP contribution is 2.52. The first-order valence-corrected chi connectivity index (χ1v) is 8.72. The Morgan fingerprint density at radius 3 is 2.41 bits per heavy atom. The monoisotopic (exact) mass is 359 g/mol. The SMILES string of the molecule is COc1ccc(C2(c3nnc4nc(-c5ccc(O)cc5)cnn34)CC2)cc1. The van der Waals surface area contributed by atoms with Crippen molar-refractivity contribution < 1.29 is 9.84 Å². The zero-order chi connectivity index (χ0) is 18.4. The van der Waals surface area contributed by atoms with Gasteiger partial charge in [0.05, 0.1) is 24.4 Å². The standard InChI is InChI=1S/C20H17N5O2/c1-27-16-8-4-14(5-9-16)20(10-11-20)18-23-24-19-22-17(12-21-25(18)19)13-2-6-15(26)7-3-13/h2-9,12,26H,10-11H2,1H3. The van der Waals surface area contributed by atoms with E-state index >= 15 is 0 Å². The van der Waals surface area contributed by atoms with Crippen LogP contribution in [-0.4, -0.2) is 37.0 Å². The van der Waals surface area contributed by atoms with Gasteiger partial charge in [-0.2, -0.15) is 9.61 Å². The van der Waals surface area contributed by atoms with Crippen LogP contribution < -0.4 is 4.74 Å². The van der Waals surface area contributed by atoms with Crippen LogP contribution in [0.3, 0.4) is 0 Å². The van der Waals surface area contributed by atoms with Gasteiger partial charge in [0, 0.05) is 5.56 Å². The lowest BCUT2D eigenvalue weighted by molar-refractivity contribution is 0.414. The molecule has 1 aliphatic carbocycles. The molecule has 134 valence electrons. The van der Waals surface area contributed by atoms with Gasteiger partial charge in [0.15, 0.2) is 5.82 Å². The van der Waals surface area contributed by atoms with Gasteiger partial charge in [-0.25, -0.2) is 4.98 Å². The van der Waals surface area contributed by atoms with Crippen LogP contribution in [0, 0.1) is 0 Å². The van der Waals surface area contributed by atoms with Crippen LogP contribution in [0.15, 0.2) is 54.7 Å². The summed E-state index contributed by atoms with van der Waals surface area (Å²) in [5, 5.41) is 22.7. The molecule has 2 heterocycles. The Hall–Kier alpha value is -3.48. The molecule has 0 spiro atoms. The Morgan fingerprint density at radius 1 is 1.00 bits per heavy atom. The summed E-state index contributed by atoms with van der Waals surface area (Å²) in [6.07, 6.45) is 3.71. The molecule has 27 heavy (non-hydrogen) atoms. The maximum absolute atomic E-state index is 9.45. The number of rotatable bonds is 4. The van der Waals surface area contributed by atoms with E-state index in [1.165, 1.54) is 5.56 Å². The predicted molar refractivity (Wildman–Crippen MR) is 98.7 cm³/mol. The molecule has 7 heteroatoms. The van der Waals surface area contributed by atoms with E-state index in [4.69, 9.17) is 4.74 Å². The summed E-state index contributed by atoms with van der Waals surface area (Å²) in [6.45, 7) is 0. The molecular weight excluding hydrogens is 342 g/mol. The zero-order valence-electron chi connectivity index (χ0n) is 14.7. The van der Waals surface area contributed by atoms with Crippen LogP contribution in [0.1, 0.15) is 24.2 Å². The van der Waals surface area contributed by atoms with Gasteiger partial charge in [0.2, 0.25) is 0 Å². The number of aromatic nitrogens is 5. The topological polar surface area (TPSA) is 85.4 Å². The lowest BCUT2D eigenvalue weighted by atomic mass is 9.95. The number of fused-ring (bicyclic) bond motifs is 1. The van der Waals surface area contributed by atoms with Gasteiger partial charge in [0.25, 0.3) is 5.78 Å². The van der Waals surface area contributed by atoms with Crippen LogP contribution in [-0.2, 0) is 5.41 Å². The number of hydrogen-bond acceptors (Lipinski definition) is 6. The molecule has 0 bridgehead atoms. The van der Waals surface area contributed by atoms with E-state index in [1.54, 1.807) is 42.1 Å². The molecule has 0 unspecified atom stereocenters. The molecule has 0 amide bonds. The van der Waals surface area contributed by atoms with Crippen LogP contribution in [0.5, 0.6) is 11.5 Å². The van der Waals surface area contributed by atoms with Crippen molar-refractivity contribution in [2.45, 2.75) is 18.3 Å².